The summed E-state index contributed by atoms with van der Waals surface area (Å²) in [4.78, 5) is 8.21. The first-order valence-electron chi connectivity index (χ1n) is 10.1. The number of ether oxygens (including phenoxy) is 4. The van der Waals surface area contributed by atoms with Crippen molar-refractivity contribution in [2.75, 3.05) is 46.4 Å². The molecule has 0 fully saturated rings. The Hall–Kier alpha value is -3.36. The zero-order valence-corrected chi connectivity index (χ0v) is 19.8. The Bertz CT molecular complexity index is 1290. The molecule has 14 heteroatoms. The lowest BCUT2D eigenvalue weighted by Gasteiger charge is -2.17. The molecule has 0 amide bonds. The van der Waals surface area contributed by atoms with E-state index in [0.29, 0.717) is 22.4 Å². The quantitative estimate of drug-likeness (QED) is 0.370. The summed E-state index contributed by atoms with van der Waals surface area (Å²) in [6.07, 6.45) is -3.37. The molecule has 0 atom stereocenters. The number of nitrogens with zero attached hydrogens (tertiary/aromatic N) is 2. The van der Waals surface area contributed by atoms with Crippen molar-refractivity contribution in [2.45, 2.75) is 11.1 Å². The molecule has 2 N–H and O–H groups in total. The number of nitrogens with one attached hydrogen (secondary N) is 2. The van der Waals surface area contributed by atoms with Gasteiger partial charge in [-0.25, -0.2) is 23.1 Å². The number of aromatic nitrogens is 2. The molecule has 10 nitrogen and oxygen atoms in total. The first kappa shape index (κ1) is 26.2. The lowest BCUT2D eigenvalue weighted by molar-refractivity contribution is -0.153. The van der Waals surface area contributed by atoms with Gasteiger partial charge in [0.2, 0.25) is 10.0 Å². The molecule has 0 unspecified atom stereocenters. The Labute approximate surface area is 199 Å². The minimum Gasteiger partial charge on any atom is -0.497 e. The molecule has 0 spiro atoms. The second-order valence-electron chi connectivity index (χ2n) is 6.98. The van der Waals surface area contributed by atoms with E-state index in [-0.39, 0.29) is 35.4 Å². The highest BCUT2D eigenvalue weighted by atomic mass is 32.2. The van der Waals surface area contributed by atoms with Crippen molar-refractivity contribution >= 4 is 32.4 Å². The molecule has 0 saturated heterocycles. The van der Waals surface area contributed by atoms with Gasteiger partial charge in [-0.15, -0.1) is 0 Å². The van der Waals surface area contributed by atoms with E-state index >= 15 is 0 Å². The number of alkyl halides is 3. The average molecular weight is 516 g/mol. The molecule has 1 heterocycles. The van der Waals surface area contributed by atoms with E-state index in [4.69, 9.17) is 18.9 Å². The minimum absolute atomic E-state index is 0.0655. The Morgan fingerprint density at radius 2 is 1.77 bits per heavy atom. The van der Waals surface area contributed by atoms with Crippen LogP contribution in [0.5, 0.6) is 17.2 Å². The molecule has 1 aromatic heterocycles. The standard InChI is InChI=1S/C21H23F3N4O6S/c1-25-35(29,30)14-4-5-17(34-11-21(22,23)24)15(10-14)28-20-19-16(26-12-27-20)8-13(32-3)9-18(19)33-7-6-31-2/h4-5,8-10,12,25H,6-7,11H2,1-3H3,(H,26,27,28). The van der Waals surface area contributed by atoms with E-state index < -0.39 is 22.8 Å². The zero-order chi connectivity index (χ0) is 25.6. The topological polar surface area (TPSA) is 121 Å². The molecule has 0 radical (unpaired) electrons. The fourth-order valence-corrected chi connectivity index (χ4v) is 3.75. The monoisotopic (exact) mass is 516 g/mol. The van der Waals surface area contributed by atoms with Gasteiger partial charge in [0, 0.05) is 19.2 Å². The maximum Gasteiger partial charge on any atom is 0.422 e. The second kappa shape index (κ2) is 10.9. The predicted molar refractivity (Wildman–Crippen MR) is 121 cm³/mol. The number of fused-ring (bicyclic) bond motifs is 1. The van der Waals surface area contributed by atoms with Gasteiger partial charge in [-0.1, -0.05) is 0 Å². The smallest absolute Gasteiger partial charge is 0.422 e. The van der Waals surface area contributed by atoms with E-state index in [0.717, 1.165) is 18.2 Å². The Kier molecular flexibility index (Phi) is 8.19. The number of benzene rings is 2. The Balaban J connectivity index is 2.12. The molecule has 3 rings (SSSR count). The third kappa shape index (κ3) is 6.61. The highest BCUT2D eigenvalue weighted by Crippen LogP contribution is 2.38. The lowest BCUT2D eigenvalue weighted by Crippen LogP contribution is -2.20. The fourth-order valence-electron chi connectivity index (χ4n) is 3.00. The third-order valence-electron chi connectivity index (χ3n) is 4.63. The first-order chi connectivity index (χ1) is 16.6. The highest BCUT2D eigenvalue weighted by molar-refractivity contribution is 7.89. The van der Waals surface area contributed by atoms with Gasteiger partial charge in [-0.3, -0.25) is 0 Å². The summed E-state index contributed by atoms with van der Waals surface area (Å²) in [5.41, 5.74) is 0.343. The van der Waals surface area contributed by atoms with Crippen LogP contribution in [0.25, 0.3) is 10.9 Å². The number of anilines is 2. The minimum atomic E-state index is -4.60. The van der Waals surface area contributed by atoms with Gasteiger partial charge in [0.1, 0.15) is 36.0 Å². The number of hydrogen-bond donors (Lipinski definition) is 2. The van der Waals surface area contributed by atoms with Crippen LogP contribution < -0.4 is 24.2 Å². The van der Waals surface area contributed by atoms with Gasteiger partial charge in [-0.05, 0) is 25.2 Å². The maximum absolute atomic E-state index is 12.8. The summed E-state index contributed by atoms with van der Waals surface area (Å²) in [6, 6.07) is 6.61. The van der Waals surface area contributed by atoms with Crippen LogP contribution in [0.4, 0.5) is 24.7 Å². The fraction of sp³-hybridized carbons (Fsp3) is 0.333. The highest BCUT2D eigenvalue weighted by Gasteiger charge is 2.29. The number of methoxy groups -OCH3 is 2. The molecule has 0 bridgehead atoms. The van der Waals surface area contributed by atoms with Gasteiger partial charge < -0.3 is 24.3 Å². The number of hydrogen-bond acceptors (Lipinski definition) is 9. The van der Waals surface area contributed by atoms with Crippen LogP contribution in [-0.4, -0.2) is 65.6 Å². The van der Waals surface area contributed by atoms with Crippen LogP contribution in [0.1, 0.15) is 0 Å². The van der Waals surface area contributed by atoms with Crippen molar-refractivity contribution in [3.05, 3.63) is 36.7 Å². The van der Waals surface area contributed by atoms with E-state index in [1.54, 1.807) is 12.1 Å². The van der Waals surface area contributed by atoms with Crippen LogP contribution in [0, 0.1) is 0 Å². The van der Waals surface area contributed by atoms with E-state index in [1.165, 1.54) is 27.6 Å². The molecular weight excluding hydrogens is 493 g/mol. The van der Waals surface area contributed by atoms with Crippen molar-refractivity contribution < 1.29 is 40.5 Å². The van der Waals surface area contributed by atoms with E-state index in [2.05, 4.69) is 20.0 Å². The predicted octanol–water partition coefficient (Wildman–Crippen LogP) is 3.26. The van der Waals surface area contributed by atoms with Gasteiger partial charge >= 0.3 is 6.18 Å². The zero-order valence-electron chi connectivity index (χ0n) is 19.0. The second-order valence-corrected chi connectivity index (χ2v) is 8.86. The van der Waals surface area contributed by atoms with Crippen molar-refractivity contribution in [3.63, 3.8) is 0 Å². The molecule has 0 saturated carbocycles. The van der Waals surface area contributed by atoms with Crippen molar-refractivity contribution in [1.29, 1.82) is 0 Å². The van der Waals surface area contributed by atoms with E-state index in [1.807, 2.05) is 0 Å². The number of halogens is 3. The first-order valence-corrected chi connectivity index (χ1v) is 11.5. The number of sulfonamides is 1. The molecule has 190 valence electrons. The summed E-state index contributed by atoms with van der Waals surface area (Å²) >= 11 is 0. The van der Waals surface area contributed by atoms with Gasteiger partial charge in [0.15, 0.2) is 6.61 Å². The van der Waals surface area contributed by atoms with Crippen LogP contribution in [0.15, 0.2) is 41.6 Å². The van der Waals surface area contributed by atoms with E-state index in [9.17, 15) is 21.6 Å². The number of rotatable bonds is 11. The Morgan fingerprint density at radius 1 is 1.00 bits per heavy atom. The molecule has 0 aliphatic heterocycles. The average Bonchev–Trinajstić information content (AvgIpc) is 2.82. The summed E-state index contributed by atoms with van der Waals surface area (Å²) < 4.78 is 86.1. The summed E-state index contributed by atoms with van der Waals surface area (Å²) in [7, 11) is 0.293. The molecule has 0 aliphatic rings. The lowest BCUT2D eigenvalue weighted by atomic mass is 10.2. The molecule has 2 aromatic carbocycles. The maximum atomic E-state index is 12.8. The van der Waals surface area contributed by atoms with Crippen LogP contribution in [0.3, 0.4) is 0 Å². The van der Waals surface area contributed by atoms with Crippen LogP contribution in [0.2, 0.25) is 0 Å². The van der Waals surface area contributed by atoms with Crippen molar-refractivity contribution in [3.8, 4) is 17.2 Å². The van der Waals surface area contributed by atoms with Gasteiger partial charge in [0.25, 0.3) is 0 Å². The third-order valence-corrected chi connectivity index (χ3v) is 6.04. The van der Waals surface area contributed by atoms with Crippen LogP contribution in [-0.2, 0) is 14.8 Å². The summed E-state index contributed by atoms with van der Waals surface area (Å²) in [5.74, 6) is 0.669. The summed E-state index contributed by atoms with van der Waals surface area (Å²) in [6.45, 7) is -1.11. The van der Waals surface area contributed by atoms with Gasteiger partial charge in [0.05, 0.1) is 35.2 Å². The van der Waals surface area contributed by atoms with Crippen molar-refractivity contribution in [1.82, 2.24) is 14.7 Å². The largest absolute Gasteiger partial charge is 0.497 e. The van der Waals surface area contributed by atoms with Crippen LogP contribution >= 0.6 is 0 Å². The normalized spacial score (nSPS) is 11.9. The van der Waals surface area contributed by atoms with Gasteiger partial charge in [-0.2, -0.15) is 13.2 Å². The Morgan fingerprint density at radius 3 is 2.43 bits per heavy atom. The SMILES string of the molecule is CNS(=O)(=O)c1ccc(OCC(F)(F)F)c(Nc2ncnc3cc(OC)cc(OCCOC)c23)c1. The van der Waals surface area contributed by atoms with Crippen molar-refractivity contribution in [2.24, 2.45) is 0 Å². The summed E-state index contributed by atoms with van der Waals surface area (Å²) in [5, 5.41) is 3.25. The molecule has 0 aliphatic carbocycles. The molecule has 35 heavy (non-hydrogen) atoms. The molecule has 3 aromatic rings. The molecular formula is C21H23F3N4O6S.